The van der Waals surface area contributed by atoms with Gasteiger partial charge in [0.1, 0.15) is 5.75 Å². The highest BCUT2D eigenvalue weighted by Gasteiger charge is 2.32. The van der Waals surface area contributed by atoms with Gasteiger partial charge in [0.05, 0.1) is 0 Å². The molecule has 4 rings (SSSR count). The van der Waals surface area contributed by atoms with Gasteiger partial charge in [0.2, 0.25) is 0 Å². The molecule has 2 aromatic rings. The van der Waals surface area contributed by atoms with Gasteiger partial charge < -0.3 is 10.0 Å². The Labute approximate surface area is 200 Å². The molecule has 0 saturated carbocycles. The Balaban J connectivity index is 1.31. The van der Waals surface area contributed by atoms with Crippen LogP contribution in [0.15, 0.2) is 40.9 Å². The molecule has 32 heavy (non-hydrogen) atoms. The lowest BCUT2D eigenvalue weighted by molar-refractivity contribution is 0.0256. The van der Waals surface area contributed by atoms with Gasteiger partial charge in [-0.05, 0) is 56.9 Å². The van der Waals surface area contributed by atoms with Crippen LogP contribution in [-0.2, 0) is 6.54 Å². The molecule has 0 unspecified atom stereocenters. The van der Waals surface area contributed by atoms with Crippen LogP contribution in [0.2, 0.25) is 0 Å². The minimum atomic E-state index is 0.187. The fourth-order valence-electron chi connectivity index (χ4n) is 5.22. The molecule has 2 aliphatic rings. The molecule has 1 atom stereocenters. The normalized spacial score (nSPS) is 21.1. The van der Waals surface area contributed by atoms with E-state index in [1.165, 1.54) is 0 Å². The third kappa shape index (κ3) is 5.03. The van der Waals surface area contributed by atoms with Crippen LogP contribution >= 0.6 is 15.9 Å². The zero-order valence-electron chi connectivity index (χ0n) is 19.4. The number of phenols is 1. The van der Waals surface area contributed by atoms with Crippen LogP contribution in [0.4, 0.5) is 0 Å². The quantitative estimate of drug-likeness (QED) is 0.668. The van der Waals surface area contributed by atoms with Crippen molar-refractivity contribution in [2.24, 2.45) is 0 Å². The second-order valence-electron chi connectivity index (χ2n) is 9.38. The first-order valence-electron chi connectivity index (χ1n) is 11.6. The van der Waals surface area contributed by atoms with Gasteiger partial charge >= 0.3 is 0 Å². The number of hydrogen-bond donors (Lipinski definition) is 1. The fourth-order valence-corrected chi connectivity index (χ4v) is 5.57. The summed E-state index contributed by atoms with van der Waals surface area (Å²) in [4.78, 5) is 20.2. The lowest BCUT2D eigenvalue weighted by atomic mass is 9.97. The van der Waals surface area contributed by atoms with Crippen molar-refractivity contribution in [3.63, 3.8) is 0 Å². The number of carbonyl (C=O) groups excluding carboxylic acids is 1. The van der Waals surface area contributed by atoms with E-state index in [1.54, 1.807) is 6.07 Å². The van der Waals surface area contributed by atoms with E-state index < -0.39 is 0 Å². The van der Waals surface area contributed by atoms with Crippen molar-refractivity contribution in [2.75, 3.05) is 32.7 Å². The van der Waals surface area contributed by atoms with E-state index in [9.17, 15) is 9.90 Å². The number of carbonyl (C=O) groups is 1. The molecule has 2 heterocycles. The molecule has 0 bridgehead atoms. The van der Waals surface area contributed by atoms with E-state index in [-0.39, 0.29) is 5.91 Å². The van der Waals surface area contributed by atoms with Gasteiger partial charge in [-0.1, -0.05) is 40.2 Å². The molecular formula is C26H34BrN3O2. The maximum absolute atomic E-state index is 13.1. The summed E-state index contributed by atoms with van der Waals surface area (Å²) in [6.45, 7) is 11.8. The smallest absolute Gasteiger partial charge is 0.254 e. The third-order valence-electron chi connectivity index (χ3n) is 7.18. The highest BCUT2D eigenvalue weighted by molar-refractivity contribution is 9.10. The standard InChI is InChI=1S/C26H34BrN3O2/c1-18-5-4-6-19(2)25(18)26(32)28-11-9-23(10-12-28)30-14-13-29(20(3)16-30)17-21-7-8-22(27)15-24(21)31/h4-8,15,20,23,31H,9-14,16-17H2,1-3H3/t20-/m0/s1. The summed E-state index contributed by atoms with van der Waals surface area (Å²) in [5.74, 6) is 0.543. The summed E-state index contributed by atoms with van der Waals surface area (Å²) in [5.41, 5.74) is 3.99. The van der Waals surface area contributed by atoms with Gasteiger partial charge in [0.15, 0.2) is 0 Å². The Hall–Kier alpha value is -1.89. The van der Waals surface area contributed by atoms with Crippen LogP contribution in [0.5, 0.6) is 5.75 Å². The van der Waals surface area contributed by atoms with E-state index >= 15 is 0 Å². The maximum Gasteiger partial charge on any atom is 0.254 e. The Kier molecular flexibility index (Phi) is 7.23. The van der Waals surface area contributed by atoms with Crippen LogP contribution in [-0.4, -0.2) is 70.5 Å². The Morgan fingerprint density at radius 2 is 1.75 bits per heavy atom. The lowest BCUT2D eigenvalue weighted by Gasteiger charge is -2.45. The van der Waals surface area contributed by atoms with Gasteiger partial charge in [-0.3, -0.25) is 14.6 Å². The monoisotopic (exact) mass is 499 g/mol. The number of aryl methyl sites for hydroxylation is 2. The molecular weight excluding hydrogens is 466 g/mol. The lowest BCUT2D eigenvalue weighted by Crippen LogP contribution is -2.56. The second-order valence-corrected chi connectivity index (χ2v) is 10.3. The number of phenolic OH excluding ortho intramolecular Hbond substituents is 1. The number of piperidine rings is 1. The van der Waals surface area contributed by atoms with Gasteiger partial charge in [-0.2, -0.15) is 0 Å². The van der Waals surface area contributed by atoms with Crippen molar-refractivity contribution < 1.29 is 9.90 Å². The van der Waals surface area contributed by atoms with Gasteiger partial charge in [0, 0.05) is 67.0 Å². The first kappa shape index (κ1) is 23.3. The molecule has 2 fully saturated rings. The number of hydrogen-bond acceptors (Lipinski definition) is 4. The zero-order valence-corrected chi connectivity index (χ0v) is 20.9. The summed E-state index contributed by atoms with van der Waals surface area (Å²) < 4.78 is 0.902. The zero-order chi connectivity index (χ0) is 22.8. The average molecular weight is 500 g/mol. The first-order chi connectivity index (χ1) is 15.3. The number of piperazine rings is 1. The van der Waals surface area contributed by atoms with Crippen molar-refractivity contribution in [1.29, 1.82) is 0 Å². The molecule has 2 saturated heterocycles. The van der Waals surface area contributed by atoms with Crippen LogP contribution < -0.4 is 0 Å². The Bertz CT molecular complexity index is 951. The van der Waals surface area contributed by atoms with Crippen molar-refractivity contribution in [3.8, 4) is 5.75 Å². The van der Waals surface area contributed by atoms with E-state index in [2.05, 4.69) is 32.7 Å². The molecule has 5 nitrogen and oxygen atoms in total. The van der Waals surface area contributed by atoms with Crippen molar-refractivity contribution in [2.45, 2.75) is 52.2 Å². The van der Waals surface area contributed by atoms with E-state index in [0.29, 0.717) is 17.8 Å². The number of nitrogens with zero attached hydrogens (tertiary/aromatic N) is 3. The number of aromatic hydroxyl groups is 1. The summed E-state index contributed by atoms with van der Waals surface area (Å²) in [7, 11) is 0. The number of benzene rings is 2. The largest absolute Gasteiger partial charge is 0.508 e. The van der Waals surface area contributed by atoms with Crippen molar-refractivity contribution in [3.05, 3.63) is 63.1 Å². The number of amides is 1. The van der Waals surface area contributed by atoms with Crippen LogP contribution in [0.25, 0.3) is 0 Å². The molecule has 2 aliphatic heterocycles. The van der Waals surface area contributed by atoms with Crippen LogP contribution in [0.3, 0.4) is 0 Å². The summed E-state index contributed by atoms with van der Waals surface area (Å²) in [6, 6.07) is 12.8. The Morgan fingerprint density at radius 3 is 2.38 bits per heavy atom. The predicted molar refractivity (Wildman–Crippen MR) is 132 cm³/mol. The summed E-state index contributed by atoms with van der Waals surface area (Å²) >= 11 is 3.41. The maximum atomic E-state index is 13.1. The number of likely N-dealkylation sites (tertiary alicyclic amines) is 1. The van der Waals surface area contributed by atoms with Gasteiger partial charge in [-0.15, -0.1) is 0 Å². The molecule has 0 spiro atoms. The summed E-state index contributed by atoms with van der Waals surface area (Å²) in [5, 5.41) is 10.3. The minimum absolute atomic E-state index is 0.187. The first-order valence-corrected chi connectivity index (χ1v) is 12.4. The molecule has 0 aromatic heterocycles. The predicted octanol–water partition coefficient (Wildman–Crippen LogP) is 4.58. The fraction of sp³-hybridized carbons (Fsp3) is 0.500. The van der Waals surface area contributed by atoms with Crippen molar-refractivity contribution >= 4 is 21.8 Å². The highest BCUT2D eigenvalue weighted by atomic mass is 79.9. The second kappa shape index (κ2) is 9.94. The molecule has 6 heteroatoms. The van der Waals surface area contributed by atoms with E-state index in [0.717, 1.165) is 78.8 Å². The molecule has 1 amide bonds. The van der Waals surface area contributed by atoms with E-state index in [1.807, 2.05) is 49.1 Å². The number of halogens is 1. The molecule has 1 N–H and O–H groups in total. The van der Waals surface area contributed by atoms with E-state index in [4.69, 9.17) is 0 Å². The third-order valence-corrected chi connectivity index (χ3v) is 7.67. The molecule has 0 radical (unpaired) electrons. The van der Waals surface area contributed by atoms with Crippen LogP contribution in [0.1, 0.15) is 46.8 Å². The van der Waals surface area contributed by atoms with Crippen LogP contribution in [0, 0.1) is 13.8 Å². The highest BCUT2D eigenvalue weighted by Crippen LogP contribution is 2.27. The molecule has 0 aliphatic carbocycles. The van der Waals surface area contributed by atoms with Gasteiger partial charge in [0.25, 0.3) is 5.91 Å². The Morgan fingerprint density at radius 1 is 1.06 bits per heavy atom. The van der Waals surface area contributed by atoms with Gasteiger partial charge in [-0.25, -0.2) is 0 Å². The topological polar surface area (TPSA) is 47.0 Å². The average Bonchev–Trinajstić information content (AvgIpc) is 2.76. The molecule has 2 aromatic carbocycles. The number of rotatable bonds is 4. The summed E-state index contributed by atoms with van der Waals surface area (Å²) in [6.07, 6.45) is 2.08. The minimum Gasteiger partial charge on any atom is -0.508 e. The molecule has 172 valence electrons. The SMILES string of the molecule is Cc1cccc(C)c1C(=O)N1CCC(N2CCN(Cc3ccc(Br)cc3O)[C@@H](C)C2)CC1. The van der Waals surface area contributed by atoms with Crippen molar-refractivity contribution in [1.82, 2.24) is 14.7 Å².